The molecule has 1 saturated carbocycles. The topological polar surface area (TPSA) is 29.1 Å². The summed E-state index contributed by atoms with van der Waals surface area (Å²) in [6.07, 6.45) is 4.25. The lowest BCUT2D eigenvalue weighted by Gasteiger charge is -1.88. The molecule has 2 nitrogen and oxygen atoms in total. The van der Waals surface area contributed by atoms with Gasteiger partial charge in [0.2, 0.25) is 6.29 Å². The summed E-state index contributed by atoms with van der Waals surface area (Å²) in [5.41, 5.74) is 0. The molecule has 1 radical (unpaired) electrons. The molecule has 0 atom stereocenters. The van der Waals surface area contributed by atoms with Gasteiger partial charge in [0.25, 0.3) is 0 Å². The van der Waals surface area contributed by atoms with Crippen LogP contribution in [0.25, 0.3) is 0 Å². The van der Waals surface area contributed by atoms with Crippen LogP contribution < -0.4 is 5.32 Å². The maximum Gasteiger partial charge on any atom is 0.213 e. The predicted molar refractivity (Wildman–Crippen MR) is 26.7 cm³/mol. The van der Waals surface area contributed by atoms with Crippen LogP contribution in [-0.2, 0) is 4.79 Å². The van der Waals surface area contributed by atoms with Crippen LogP contribution in [0, 0.1) is 0 Å². The summed E-state index contributed by atoms with van der Waals surface area (Å²) in [4.78, 5) is 9.55. The maximum absolute atomic E-state index is 9.55. The lowest BCUT2D eigenvalue weighted by molar-refractivity contribution is 0.548. The van der Waals surface area contributed by atoms with E-state index in [0.717, 1.165) is 0 Å². The van der Waals surface area contributed by atoms with Crippen LogP contribution in [0.2, 0.25) is 0 Å². The highest BCUT2D eigenvalue weighted by atomic mass is 16.1. The van der Waals surface area contributed by atoms with Gasteiger partial charge in [-0.3, -0.25) is 4.79 Å². The van der Waals surface area contributed by atoms with Gasteiger partial charge in [-0.2, -0.15) is 0 Å². The Balaban J connectivity index is 1.88. The average Bonchev–Trinajstić information content (AvgIpc) is 2.42. The van der Waals surface area contributed by atoms with Crippen LogP contribution >= 0.6 is 0 Å². The molecule has 0 aliphatic heterocycles. The third-order valence-corrected chi connectivity index (χ3v) is 1.04. The average molecular weight is 98.1 g/mol. The second-order valence-electron chi connectivity index (χ2n) is 1.80. The van der Waals surface area contributed by atoms with Crippen LogP contribution in [-0.4, -0.2) is 18.9 Å². The molecule has 1 aliphatic carbocycles. The van der Waals surface area contributed by atoms with Crippen molar-refractivity contribution in [3.63, 3.8) is 0 Å². The standard InChI is InChI=1S/C5H8NO/c7-4-3-6-5-1-2-5/h5-6H,1-3H2. The molecule has 0 amide bonds. The van der Waals surface area contributed by atoms with Gasteiger partial charge in [0, 0.05) is 6.04 Å². The molecule has 7 heavy (non-hydrogen) atoms. The first-order chi connectivity index (χ1) is 3.43. The predicted octanol–water partition coefficient (Wildman–Crippen LogP) is -0.152. The highest BCUT2D eigenvalue weighted by Gasteiger charge is 2.19. The minimum absolute atomic E-state index is 0.407. The minimum atomic E-state index is 0.407. The number of carbonyl (C=O) groups excluding carboxylic acids is 1. The number of rotatable bonds is 3. The van der Waals surface area contributed by atoms with E-state index in [-0.39, 0.29) is 0 Å². The molecular weight excluding hydrogens is 90.1 g/mol. The molecule has 0 aromatic rings. The van der Waals surface area contributed by atoms with Crippen molar-refractivity contribution < 1.29 is 4.79 Å². The van der Waals surface area contributed by atoms with Crippen LogP contribution in [0.4, 0.5) is 0 Å². The van der Waals surface area contributed by atoms with Crippen LogP contribution in [0.15, 0.2) is 0 Å². The van der Waals surface area contributed by atoms with E-state index in [4.69, 9.17) is 0 Å². The van der Waals surface area contributed by atoms with E-state index in [1.165, 1.54) is 12.8 Å². The van der Waals surface area contributed by atoms with Crippen molar-refractivity contribution in [3.8, 4) is 0 Å². The summed E-state index contributed by atoms with van der Waals surface area (Å²) < 4.78 is 0. The lowest BCUT2D eigenvalue weighted by atomic mass is 10.6. The van der Waals surface area contributed by atoms with Crippen molar-refractivity contribution in [2.75, 3.05) is 6.54 Å². The molecular formula is C5H8NO. The first-order valence-electron chi connectivity index (χ1n) is 2.52. The van der Waals surface area contributed by atoms with Crippen LogP contribution in [0.1, 0.15) is 12.8 Å². The fourth-order valence-electron chi connectivity index (χ4n) is 0.473. The smallest absolute Gasteiger partial charge is 0.213 e. The number of hydrogen-bond donors (Lipinski definition) is 1. The highest BCUT2D eigenvalue weighted by Crippen LogP contribution is 2.17. The summed E-state index contributed by atoms with van der Waals surface area (Å²) in [5, 5.41) is 2.98. The fraction of sp³-hybridized carbons (Fsp3) is 0.800. The molecule has 0 bridgehead atoms. The van der Waals surface area contributed by atoms with Gasteiger partial charge in [-0.1, -0.05) is 0 Å². The molecule has 0 saturated heterocycles. The first-order valence-corrected chi connectivity index (χ1v) is 2.52. The van der Waals surface area contributed by atoms with Gasteiger partial charge in [-0.25, -0.2) is 0 Å². The fourth-order valence-corrected chi connectivity index (χ4v) is 0.473. The molecule has 0 heterocycles. The van der Waals surface area contributed by atoms with E-state index in [0.29, 0.717) is 12.6 Å². The van der Waals surface area contributed by atoms with Gasteiger partial charge < -0.3 is 5.32 Å². The van der Waals surface area contributed by atoms with Crippen molar-refractivity contribution in [1.82, 2.24) is 5.32 Å². The van der Waals surface area contributed by atoms with E-state index in [9.17, 15) is 4.79 Å². The van der Waals surface area contributed by atoms with E-state index in [2.05, 4.69) is 5.32 Å². The second kappa shape index (κ2) is 2.07. The van der Waals surface area contributed by atoms with E-state index in [1.54, 1.807) is 6.29 Å². The summed E-state index contributed by atoms with van der Waals surface area (Å²) >= 11 is 0. The quantitative estimate of drug-likeness (QED) is 0.531. The molecule has 1 aliphatic rings. The molecule has 0 aromatic carbocycles. The highest BCUT2D eigenvalue weighted by molar-refractivity contribution is 5.53. The SMILES string of the molecule is O=[C]CNC1CC1. The molecule has 1 fully saturated rings. The van der Waals surface area contributed by atoms with E-state index in [1.807, 2.05) is 0 Å². The normalized spacial score (nSPS) is 19.4. The third-order valence-electron chi connectivity index (χ3n) is 1.04. The Bertz CT molecular complexity index is 68.5. The van der Waals surface area contributed by atoms with Gasteiger partial charge in [0.1, 0.15) is 0 Å². The van der Waals surface area contributed by atoms with Crippen LogP contribution in [0.5, 0.6) is 0 Å². The van der Waals surface area contributed by atoms with Crippen molar-refractivity contribution in [3.05, 3.63) is 0 Å². The molecule has 0 spiro atoms. The van der Waals surface area contributed by atoms with Gasteiger partial charge >= 0.3 is 0 Å². The molecule has 39 valence electrons. The van der Waals surface area contributed by atoms with Crippen molar-refractivity contribution in [1.29, 1.82) is 0 Å². The monoisotopic (exact) mass is 98.1 g/mol. The summed E-state index contributed by atoms with van der Waals surface area (Å²) in [7, 11) is 0. The summed E-state index contributed by atoms with van der Waals surface area (Å²) in [5.74, 6) is 0. The van der Waals surface area contributed by atoms with Crippen LogP contribution in [0.3, 0.4) is 0 Å². The van der Waals surface area contributed by atoms with Gasteiger partial charge in [0.05, 0.1) is 6.54 Å². The van der Waals surface area contributed by atoms with Gasteiger partial charge in [-0.05, 0) is 12.8 Å². The zero-order chi connectivity index (χ0) is 5.11. The Morgan fingerprint density at radius 3 is 2.86 bits per heavy atom. The zero-order valence-corrected chi connectivity index (χ0v) is 4.11. The number of nitrogens with one attached hydrogen (secondary N) is 1. The lowest BCUT2D eigenvalue weighted by Crippen LogP contribution is -2.17. The zero-order valence-electron chi connectivity index (χ0n) is 4.11. The Hall–Kier alpha value is -0.370. The molecule has 2 heteroatoms. The van der Waals surface area contributed by atoms with Gasteiger partial charge in [0.15, 0.2) is 0 Å². The van der Waals surface area contributed by atoms with Crippen molar-refractivity contribution in [2.45, 2.75) is 18.9 Å². The Labute approximate surface area is 42.9 Å². The molecule has 0 aromatic heterocycles. The van der Waals surface area contributed by atoms with E-state index >= 15 is 0 Å². The van der Waals surface area contributed by atoms with Crippen molar-refractivity contribution >= 4 is 6.29 Å². The third kappa shape index (κ3) is 1.69. The first kappa shape index (κ1) is 4.78. The summed E-state index contributed by atoms with van der Waals surface area (Å²) in [6, 6.07) is 0.640. The Morgan fingerprint density at radius 1 is 1.71 bits per heavy atom. The van der Waals surface area contributed by atoms with Crippen molar-refractivity contribution in [2.24, 2.45) is 0 Å². The maximum atomic E-state index is 9.55. The Kier molecular flexibility index (Phi) is 1.42. The Morgan fingerprint density at radius 2 is 2.43 bits per heavy atom. The second-order valence-corrected chi connectivity index (χ2v) is 1.80. The van der Waals surface area contributed by atoms with Gasteiger partial charge in [-0.15, -0.1) is 0 Å². The van der Waals surface area contributed by atoms with E-state index < -0.39 is 0 Å². The number of hydrogen-bond acceptors (Lipinski definition) is 2. The molecule has 1 rings (SSSR count). The molecule has 0 unspecified atom stereocenters. The summed E-state index contributed by atoms with van der Waals surface area (Å²) in [6.45, 7) is 0.407. The minimum Gasteiger partial charge on any atom is -0.307 e. The largest absolute Gasteiger partial charge is 0.307 e. The molecule has 1 N–H and O–H groups in total.